The lowest BCUT2D eigenvalue weighted by atomic mass is 10.1. The van der Waals surface area contributed by atoms with E-state index in [1.54, 1.807) is 30.3 Å². The average Bonchev–Trinajstić information content (AvgIpc) is 2.55. The molecule has 6 heteroatoms. The van der Waals surface area contributed by atoms with E-state index in [1.165, 1.54) is 16.7 Å². The molecule has 0 spiro atoms. The fraction of sp³-hybridized carbons (Fsp3) is 0.125. The topological polar surface area (TPSA) is 78.0 Å². The van der Waals surface area contributed by atoms with Crippen molar-refractivity contribution in [3.63, 3.8) is 0 Å². The van der Waals surface area contributed by atoms with Gasteiger partial charge in [-0.25, -0.2) is 4.98 Å². The lowest BCUT2D eigenvalue weighted by Gasteiger charge is -2.11. The van der Waals surface area contributed by atoms with Crippen LogP contribution in [-0.2, 0) is 6.54 Å². The molecule has 0 aliphatic rings. The van der Waals surface area contributed by atoms with Gasteiger partial charge < -0.3 is 0 Å². The van der Waals surface area contributed by atoms with Crippen molar-refractivity contribution in [1.29, 1.82) is 0 Å². The van der Waals surface area contributed by atoms with Crippen molar-refractivity contribution in [2.75, 3.05) is 0 Å². The second-order valence-corrected chi connectivity index (χ2v) is 4.81. The first-order valence-electron chi connectivity index (χ1n) is 6.86. The Labute approximate surface area is 125 Å². The monoisotopic (exact) mass is 295 g/mol. The molecule has 0 amide bonds. The minimum absolute atomic E-state index is 0.0254. The van der Waals surface area contributed by atoms with E-state index in [0.29, 0.717) is 28.8 Å². The van der Waals surface area contributed by atoms with Crippen LogP contribution in [0.2, 0.25) is 0 Å². The summed E-state index contributed by atoms with van der Waals surface area (Å²) in [6.45, 7) is 2.29. The number of hydrogen-bond donors (Lipinski definition) is 0. The number of nitro benzene ring substituents is 1. The Morgan fingerprint density at radius 3 is 2.68 bits per heavy atom. The first kappa shape index (κ1) is 13.9. The lowest BCUT2D eigenvalue weighted by Crippen LogP contribution is -2.22. The smallest absolute Gasteiger partial charge is 0.270 e. The van der Waals surface area contributed by atoms with Crippen LogP contribution in [0.4, 0.5) is 5.69 Å². The van der Waals surface area contributed by atoms with Crippen LogP contribution >= 0.6 is 0 Å². The van der Waals surface area contributed by atoms with Crippen molar-refractivity contribution in [2.45, 2.75) is 13.5 Å². The number of rotatable bonds is 3. The van der Waals surface area contributed by atoms with Gasteiger partial charge in [-0.2, -0.15) is 0 Å². The summed E-state index contributed by atoms with van der Waals surface area (Å²) in [5, 5.41) is 11.5. The molecule has 6 nitrogen and oxygen atoms in total. The highest BCUT2D eigenvalue weighted by molar-refractivity contribution is 5.79. The van der Waals surface area contributed by atoms with E-state index in [9.17, 15) is 14.9 Å². The molecule has 0 saturated heterocycles. The van der Waals surface area contributed by atoms with Crippen LogP contribution in [0, 0.1) is 10.1 Å². The molecular weight excluding hydrogens is 282 g/mol. The molecular formula is C16H13N3O3. The average molecular weight is 295 g/mol. The number of fused-ring (bicyclic) bond motifs is 1. The van der Waals surface area contributed by atoms with E-state index in [1.807, 2.05) is 13.0 Å². The van der Waals surface area contributed by atoms with E-state index >= 15 is 0 Å². The molecule has 22 heavy (non-hydrogen) atoms. The Kier molecular flexibility index (Phi) is 3.42. The fourth-order valence-corrected chi connectivity index (χ4v) is 2.44. The summed E-state index contributed by atoms with van der Waals surface area (Å²) in [4.78, 5) is 27.6. The number of benzene rings is 2. The molecule has 0 aliphatic heterocycles. The highest BCUT2D eigenvalue weighted by Gasteiger charge is 2.14. The van der Waals surface area contributed by atoms with Crippen molar-refractivity contribution >= 4 is 16.6 Å². The lowest BCUT2D eigenvalue weighted by molar-refractivity contribution is -0.384. The number of hydrogen-bond acceptors (Lipinski definition) is 4. The third-order valence-electron chi connectivity index (χ3n) is 3.49. The van der Waals surface area contributed by atoms with Gasteiger partial charge in [-0.3, -0.25) is 19.5 Å². The third-order valence-corrected chi connectivity index (χ3v) is 3.49. The molecule has 0 unspecified atom stereocenters. The van der Waals surface area contributed by atoms with Gasteiger partial charge in [-0.05, 0) is 19.1 Å². The molecule has 0 atom stereocenters. The van der Waals surface area contributed by atoms with Crippen LogP contribution in [0.1, 0.15) is 6.92 Å². The van der Waals surface area contributed by atoms with Gasteiger partial charge in [0.25, 0.3) is 11.2 Å². The van der Waals surface area contributed by atoms with Gasteiger partial charge in [0.05, 0.1) is 15.8 Å². The van der Waals surface area contributed by atoms with Crippen molar-refractivity contribution < 1.29 is 4.92 Å². The Morgan fingerprint density at radius 2 is 1.95 bits per heavy atom. The Morgan fingerprint density at radius 1 is 1.18 bits per heavy atom. The molecule has 1 heterocycles. The van der Waals surface area contributed by atoms with Crippen LogP contribution in [0.15, 0.2) is 53.3 Å². The standard InChI is InChI=1S/C16H13N3O3/c1-2-18-15(11-6-5-7-12(10-11)19(21)22)17-14-9-4-3-8-13(14)16(18)20/h3-10H,2H2,1H3. The van der Waals surface area contributed by atoms with E-state index < -0.39 is 4.92 Å². The first-order valence-corrected chi connectivity index (χ1v) is 6.86. The van der Waals surface area contributed by atoms with E-state index in [-0.39, 0.29) is 11.2 Å². The highest BCUT2D eigenvalue weighted by Crippen LogP contribution is 2.23. The molecule has 110 valence electrons. The van der Waals surface area contributed by atoms with Crippen molar-refractivity contribution in [3.05, 3.63) is 69.0 Å². The molecule has 3 rings (SSSR count). The maximum absolute atomic E-state index is 12.6. The second kappa shape index (κ2) is 5.40. The van der Waals surface area contributed by atoms with Crippen LogP contribution in [-0.4, -0.2) is 14.5 Å². The zero-order chi connectivity index (χ0) is 15.7. The van der Waals surface area contributed by atoms with Crippen molar-refractivity contribution in [3.8, 4) is 11.4 Å². The Balaban J connectivity index is 2.33. The molecule has 0 fully saturated rings. The van der Waals surface area contributed by atoms with Gasteiger partial charge in [-0.1, -0.05) is 24.3 Å². The van der Waals surface area contributed by atoms with E-state index in [4.69, 9.17) is 0 Å². The summed E-state index contributed by atoms with van der Waals surface area (Å²) in [5.74, 6) is 0.440. The SMILES string of the molecule is CCn1c(-c2cccc([N+](=O)[O-])c2)nc2ccccc2c1=O. The number of nitrogens with zero attached hydrogens (tertiary/aromatic N) is 3. The zero-order valence-electron chi connectivity index (χ0n) is 11.9. The molecule has 3 aromatic rings. The quantitative estimate of drug-likeness (QED) is 0.549. The Hall–Kier alpha value is -3.02. The molecule has 0 radical (unpaired) electrons. The van der Waals surface area contributed by atoms with Crippen LogP contribution < -0.4 is 5.56 Å². The predicted octanol–water partition coefficient (Wildman–Crippen LogP) is 2.99. The zero-order valence-corrected chi connectivity index (χ0v) is 11.9. The van der Waals surface area contributed by atoms with Crippen LogP contribution in [0.3, 0.4) is 0 Å². The summed E-state index contributed by atoms with van der Waals surface area (Å²) >= 11 is 0. The van der Waals surface area contributed by atoms with Gasteiger partial charge in [-0.15, -0.1) is 0 Å². The molecule has 2 aromatic carbocycles. The minimum atomic E-state index is -0.459. The fourth-order valence-electron chi connectivity index (χ4n) is 2.44. The van der Waals surface area contributed by atoms with E-state index in [0.717, 1.165) is 0 Å². The Bertz CT molecular complexity index is 931. The summed E-state index contributed by atoms with van der Waals surface area (Å²) < 4.78 is 1.53. The summed E-state index contributed by atoms with van der Waals surface area (Å²) in [5.41, 5.74) is 0.967. The van der Waals surface area contributed by atoms with Crippen molar-refractivity contribution in [1.82, 2.24) is 9.55 Å². The van der Waals surface area contributed by atoms with E-state index in [2.05, 4.69) is 4.98 Å². The molecule has 1 aromatic heterocycles. The highest BCUT2D eigenvalue weighted by atomic mass is 16.6. The maximum atomic E-state index is 12.6. The van der Waals surface area contributed by atoms with Gasteiger partial charge in [0.2, 0.25) is 0 Å². The number of nitro groups is 1. The first-order chi connectivity index (χ1) is 10.6. The third kappa shape index (κ3) is 2.24. The molecule has 0 saturated carbocycles. The number of para-hydroxylation sites is 1. The minimum Gasteiger partial charge on any atom is -0.292 e. The normalized spacial score (nSPS) is 10.8. The van der Waals surface area contributed by atoms with Gasteiger partial charge in [0.1, 0.15) is 5.82 Å². The molecule has 0 N–H and O–H groups in total. The summed E-state index contributed by atoms with van der Waals surface area (Å²) in [7, 11) is 0. The van der Waals surface area contributed by atoms with Crippen LogP contribution in [0.25, 0.3) is 22.3 Å². The van der Waals surface area contributed by atoms with Crippen LogP contribution in [0.5, 0.6) is 0 Å². The molecule has 0 bridgehead atoms. The summed E-state index contributed by atoms with van der Waals surface area (Å²) in [6, 6.07) is 13.2. The maximum Gasteiger partial charge on any atom is 0.270 e. The van der Waals surface area contributed by atoms with Gasteiger partial charge >= 0.3 is 0 Å². The van der Waals surface area contributed by atoms with Crippen molar-refractivity contribution in [2.24, 2.45) is 0 Å². The van der Waals surface area contributed by atoms with Gasteiger partial charge in [0.15, 0.2) is 0 Å². The number of non-ortho nitro benzene ring substituents is 1. The molecule has 0 aliphatic carbocycles. The summed E-state index contributed by atoms with van der Waals surface area (Å²) in [6.07, 6.45) is 0. The van der Waals surface area contributed by atoms with Gasteiger partial charge in [0, 0.05) is 24.2 Å². The largest absolute Gasteiger partial charge is 0.292 e. The predicted molar refractivity (Wildman–Crippen MR) is 83.8 cm³/mol. The second-order valence-electron chi connectivity index (χ2n) is 4.81. The number of aromatic nitrogens is 2.